The highest BCUT2D eigenvalue weighted by atomic mass is 19.1. The van der Waals surface area contributed by atoms with E-state index in [9.17, 15) is 14.3 Å². The SMILES string of the molecule is O=C(NCC1(O)CCCc2occc21)c1cccc(F)c1. The number of fused-ring (bicyclic) bond motifs is 1. The van der Waals surface area contributed by atoms with Gasteiger partial charge < -0.3 is 14.8 Å². The van der Waals surface area contributed by atoms with Gasteiger partial charge in [0, 0.05) is 17.5 Å². The molecule has 0 saturated heterocycles. The van der Waals surface area contributed by atoms with E-state index in [2.05, 4.69) is 5.32 Å². The molecular weight excluding hydrogens is 273 g/mol. The summed E-state index contributed by atoms with van der Waals surface area (Å²) >= 11 is 0. The van der Waals surface area contributed by atoms with Crippen LogP contribution in [0, 0.1) is 5.82 Å². The fourth-order valence-electron chi connectivity index (χ4n) is 2.77. The largest absolute Gasteiger partial charge is 0.469 e. The lowest BCUT2D eigenvalue weighted by molar-refractivity contribution is 0.0169. The number of carbonyl (C=O) groups excluding carboxylic acids is 1. The van der Waals surface area contributed by atoms with E-state index < -0.39 is 17.3 Å². The molecule has 0 fully saturated rings. The van der Waals surface area contributed by atoms with Crippen LogP contribution >= 0.6 is 0 Å². The standard InChI is InChI=1S/C16H16FNO3/c17-12-4-1-3-11(9-12)15(19)18-10-16(20)7-2-5-14-13(16)6-8-21-14/h1,3-4,6,8-9,20H,2,5,7,10H2,(H,18,19). The molecule has 5 heteroatoms. The van der Waals surface area contributed by atoms with Gasteiger partial charge in [0.2, 0.25) is 0 Å². The van der Waals surface area contributed by atoms with Crippen LogP contribution in [0.3, 0.4) is 0 Å². The van der Waals surface area contributed by atoms with Crippen molar-refractivity contribution in [2.24, 2.45) is 0 Å². The van der Waals surface area contributed by atoms with Gasteiger partial charge in [0.15, 0.2) is 0 Å². The van der Waals surface area contributed by atoms with Crippen molar-refractivity contribution in [2.75, 3.05) is 6.54 Å². The van der Waals surface area contributed by atoms with Gasteiger partial charge in [-0.2, -0.15) is 0 Å². The summed E-state index contributed by atoms with van der Waals surface area (Å²) < 4.78 is 18.4. The average molecular weight is 289 g/mol. The van der Waals surface area contributed by atoms with E-state index in [4.69, 9.17) is 4.42 Å². The summed E-state index contributed by atoms with van der Waals surface area (Å²) in [6.07, 6.45) is 3.70. The predicted molar refractivity (Wildman–Crippen MR) is 74.3 cm³/mol. The second kappa shape index (κ2) is 5.33. The monoisotopic (exact) mass is 289 g/mol. The van der Waals surface area contributed by atoms with Crippen molar-refractivity contribution in [3.63, 3.8) is 0 Å². The van der Waals surface area contributed by atoms with E-state index in [1.54, 1.807) is 12.3 Å². The van der Waals surface area contributed by atoms with Crippen molar-refractivity contribution in [1.29, 1.82) is 0 Å². The molecule has 0 spiro atoms. The summed E-state index contributed by atoms with van der Waals surface area (Å²) in [5, 5.41) is 13.4. The highest BCUT2D eigenvalue weighted by molar-refractivity contribution is 5.94. The van der Waals surface area contributed by atoms with Crippen LogP contribution in [0.4, 0.5) is 4.39 Å². The fraction of sp³-hybridized carbons (Fsp3) is 0.312. The van der Waals surface area contributed by atoms with Crippen LogP contribution in [0.25, 0.3) is 0 Å². The summed E-state index contributed by atoms with van der Waals surface area (Å²) in [6.45, 7) is 0.0783. The molecule has 110 valence electrons. The van der Waals surface area contributed by atoms with Gasteiger partial charge in [-0.3, -0.25) is 4.79 Å². The molecule has 2 N–H and O–H groups in total. The van der Waals surface area contributed by atoms with E-state index >= 15 is 0 Å². The van der Waals surface area contributed by atoms with Crippen LogP contribution in [0.15, 0.2) is 41.0 Å². The number of benzene rings is 1. The second-order valence-corrected chi connectivity index (χ2v) is 5.34. The number of hydrogen-bond donors (Lipinski definition) is 2. The molecule has 0 bridgehead atoms. The Hall–Kier alpha value is -2.14. The number of aliphatic hydroxyl groups is 1. The molecule has 1 aromatic carbocycles. The van der Waals surface area contributed by atoms with Gasteiger partial charge in [-0.1, -0.05) is 6.07 Å². The van der Waals surface area contributed by atoms with Crippen molar-refractivity contribution in [3.05, 3.63) is 59.3 Å². The molecule has 1 aliphatic rings. The van der Waals surface area contributed by atoms with Crippen LogP contribution in [0.5, 0.6) is 0 Å². The zero-order valence-electron chi connectivity index (χ0n) is 11.4. The van der Waals surface area contributed by atoms with Crippen molar-refractivity contribution < 1.29 is 18.7 Å². The maximum atomic E-state index is 13.1. The summed E-state index contributed by atoms with van der Waals surface area (Å²) in [5.74, 6) is -0.0987. The van der Waals surface area contributed by atoms with Gasteiger partial charge in [0.1, 0.15) is 17.2 Å². The number of aryl methyl sites for hydroxylation is 1. The van der Waals surface area contributed by atoms with Gasteiger partial charge in [-0.05, 0) is 37.1 Å². The van der Waals surface area contributed by atoms with Gasteiger partial charge in [0.05, 0.1) is 12.8 Å². The van der Waals surface area contributed by atoms with Gasteiger partial charge in [0.25, 0.3) is 5.91 Å². The van der Waals surface area contributed by atoms with Crippen LogP contribution in [0.1, 0.15) is 34.5 Å². The maximum absolute atomic E-state index is 13.1. The van der Waals surface area contributed by atoms with Gasteiger partial charge in [-0.15, -0.1) is 0 Å². The Bertz CT molecular complexity index is 667. The molecule has 1 atom stereocenters. The molecule has 3 rings (SSSR count). The van der Waals surface area contributed by atoms with E-state index in [0.717, 1.165) is 24.2 Å². The number of nitrogens with one attached hydrogen (secondary N) is 1. The number of hydrogen-bond acceptors (Lipinski definition) is 3. The summed E-state index contributed by atoms with van der Waals surface area (Å²) in [7, 11) is 0. The highest BCUT2D eigenvalue weighted by Crippen LogP contribution is 2.35. The van der Waals surface area contributed by atoms with Crippen molar-refractivity contribution in [3.8, 4) is 0 Å². The zero-order valence-corrected chi connectivity index (χ0v) is 11.4. The lowest BCUT2D eigenvalue weighted by Gasteiger charge is -2.31. The second-order valence-electron chi connectivity index (χ2n) is 5.34. The third-order valence-electron chi connectivity index (χ3n) is 3.87. The zero-order chi connectivity index (χ0) is 14.9. The number of rotatable bonds is 3. The molecule has 0 saturated carbocycles. The number of furan rings is 1. The van der Waals surface area contributed by atoms with E-state index in [1.807, 2.05) is 0 Å². The molecule has 1 heterocycles. The van der Waals surface area contributed by atoms with E-state index in [0.29, 0.717) is 6.42 Å². The Morgan fingerprint density at radius 2 is 2.29 bits per heavy atom. The van der Waals surface area contributed by atoms with E-state index in [-0.39, 0.29) is 12.1 Å². The normalized spacial score (nSPS) is 20.9. The Labute approximate surface area is 121 Å². The maximum Gasteiger partial charge on any atom is 0.251 e. The van der Waals surface area contributed by atoms with Crippen LogP contribution in [-0.4, -0.2) is 17.6 Å². The Morgan fingerprint density at radius 3 is 3.10 bits per heavy atom. The van der Waals surface area contributed by atoms with Crippen LogP contribution < -0.4 is 5.32 Å². The molecule has 0 aliphatic heterocycles. The summed E-state index contributed by atoms with van der Waals surface area (Å²) in [6, 6.07) is 7.20. The molecule has 2 aromatic rings. The smallest absolute Gasteiger partial charge is 0.251 e. The first-order chi connectivity index (χ1) is 10.1. The number of halogens is 1. The van der Waals surface area contributed by atoms with Gasteiger partial charge >= 0.3 is 0 Å². The summed E-state index contributed by atoms with van der Waals surface area (Å²) in [4.78, 5) is 12.0. The lowest BCUT2D eigenvalue weighted by Crippen LogP contribution is -2.42. The third kappa shape index (κ3) is 2.69. The quantitative estimate of drug-likeness (QED) is 0.912. The Balaban J connectivity index is 1.72. The minimum absolute atomic E-state index is 0.0783. The molecular formula is C16H16FNO3. The van der Waals surface area contributed by atoms with Crippen molar-refractivity contribution in [2.45, 2.75) is 24.9 Å². The molecule has 4 nitrogen and oxygen atoms in total. The predicted octanol–water partition coefficient (Wildman–Crippen LogP) is 2.37. The first-order valence-corrected chi connectivity index (χ1v) is 6.91. The first-order valence-electron chi connectivity index (χ1n) is 6.91. The molecule has 1 unspecified atom stereocenters. The third-order valence-corrected chi connectivity index (χ3v) is 3.87. The van der Waals surface area contributed by atoms with Crippen molar-refractivity contribution in [1.82, 2.24) is 5.32 Å². The Morgan fingerprint density at radius 1 is 1.43 bits per heavy atom. The topological polar surface area (TPSA) is 62.5 Å². The first kappa shape index (κ1) is 13.8. The fourth-order valence-corrected chi connectivity index (χ4v) is 2.77. The molecule has 1 aliphatic carbocycles. The van der Waals surface area contributed by atoms with Crippen LogP contribution in [-0.2, 0) is 12.0 Å². The molecule has 21 heavy (non-hydrogen) atoms. The van der Waals surface area contributed by atoms with Crippen LogP contribution in [0.2, 0.25) is 0 Å². The van der Waals surface area contributed by atoms with Crippen molar-refractivity contribution >= 4 is 5.91 Å². The highest BCUT2D eigenvalue weighted by Gasteiger charge is 2.36. The molecule has 0 radical (unpaired) electrons. The number of carbonyl (C=O) groups is 1. The minimum Gasteiger partial charge on any atom is -0.469 e. The Kier molecular flexibility index (Phi) is 3.51. The van der Waals surface area contributed by atoms with E-state index in [1.165, 1.54) is 24.3 Å². The minimum atomic E-state index is -1.12. The average Bonchev–Trinajstić information content (AvgIpc) is 2.95. The molecule has 1 amide bonds. The summed E-state index contributed by atoms with van der Waals surface area (Å²) in [5.41, 5.74) is -0.154. The number of amides is 1. The van der Waals surface area contributed by atoms with Gasteiger partial charge in [-0.25, -0.2) is 4.39 Å². The lowest BCUT2D eigenvalue weighted by atomic mass is 9.83. The molecule has 1 aromatic heterocycles.